The van der Waals surface area contributed by atoms with Crippen molar-refractivity contribution >= 4 is 33.2 Å². The lowest BCUT2D eigenvalue weighted by Crippen LogP contribution is -2.42. The minimum Gasteiger partial charge on any atom is -0.497 e. The van der Waals surface area contributed by atoms with Crippen molar-refractivity contribution in [1.29, 1.82) is 0 Å². The molecule has 0 aromatic heterocycles. The Morgan fingerprint density at radius 1 is 1.15 bits per heavy atom. The van der Waals surface area contributed by atoms with E-state index in [2.05, 4.69) is 0 Å². The van der Waals surface area contributed by atoms with Crippen LogP contribution in [0.3, 0.4) is 0 Å². The van der Waals surface area contributed by atoms with Crippen LogP contribution in [0.15, 0.2) is 59.5 Å². The number of hydrogen-bond acceptors (Lipinski definition) is 5. The lowest BCUT2D eigenvalue weighted by Gasteiger charge is -2.28. The van der Waals surface area contributed by atoms with Gasteiger partial charge in [0.2, 0.25) is 5.91 Å². The van der Waals surface area contributed by atoms with Gasteiger partial charge < -0.3 is 9.64 Å². The van der Waals surface area contributed by atoms with Crippen molar-refractivity contribution in [3.63, 3.8) is 0 Å². The van der Waals surface area contributed by atoms with Crippen molar-refractivity contribution in [2.24, 2.45) is 0 Å². The highest BCUT2D eigenvalue weighted by Crippen LogP contribution is 2.27. The average molecular weight is 392 g/mol. The van der Waals surface area contributed by atoms with E-state index in [0.29, 0.717) is 6.42 Å². The second-order valence-electron chi connectivity index (χ2n) is 6.12. The Morgan fingerprint density at radius 2 is 1.85 bits per heavy atom. The van der Waals surface area contributed by atoms with Crippen molar-refractivity contribution in [3.8, 4) is 5.75 Å². The van der Waals surface area contributed by atoms with Crippen molar-refractivity contribution in [2.45, 2.75) is 17.4 Å². The number of carbonyl (C=O) groups excluding carboxylic acids is 1. The van der Waals surface area contributed by atoms with Gasteiger partial charge in [0.1, 0.15) is 5.75 Å². The summed E-state index contributed by atoms with van der Waals surface area (Å²) in [5, 5.41) is 0. The van der Waals surface area contributed by atoms with Gasteiger partial charge in [0.05, 0.1) is 30.4 Å². The minimum absolute atomic E-state index is 0.0286. The first-order chi connectivity index (χ1) is 12.5. The molecule has 5 nitrogen and oxygen atoms in total. The van der Waals surface area contributed by atoms with E-state index in [-0.39, 0.29) is 29.2 Å². The second-order valence-corrected chi connectivity index (χ2v) is 9.40. The molecule has 0 spiro atoms. The van der Waals surface area contributed by atoms with E-state index in [9.17, 15) is 13.2 Å². The predicted molar refractivity (Wildman–Crippen MR) is 105 cm³/mol. The molecule has 1 amide bonds. The normalized spacial score (nSPS) is 18.4. The molecule has 0 N–H and O–H groups in total. The number of amides is 1. The van der Waals surface area contributed by atoms with Gasteiger partial charge in [-0.1, -0.05) is 18.2 Å². The number of nitrogens with zero attached hydrogens (tertiary/aromatic N) is 1. The van der Waals surface area contributed by atoms with Gasteiger partial charge in [-0.25, -0.2) is 8.42 Å². The summed E-state index contributed by atoms with van der Waals surface area (Å²) in [6, 6.07) is 16.5. The van der Waals surface area contributed by atoms with Crippen LogP contribution in [0.25, 0.3) is 0 Å². The molecule has 1 saturated heterocycles. The van der Waals surface area contributed by atoms with E-state index < -0.39 is 9.84 Å². The molecular formula is C19H21NO4S2. The largest absolute Gasteiger partial charge is 0.497 e. The number of anilines is 1. The quantitative estimate of drug-likeness (QED) is 0.709. The van der Waals surface area contributed by atoms with Gasteiger partial charge in [0.15, 0.2) is 9.84 Å². The number of hydrogen-bond donors (Lipinski definition) is 0. The van der Waals surface area contributed by atoms with Crippen LogP contribution in [0.2, 0.25) is 0 Å². The zero-order valence-corrected chi connectivity index (χ0v) is 16.1. The smallest absolute Gasteiger partial charge is 0.237 e. The minimum atomic E-state index is -3.07. The molecule has 26 heavy (non-hydrogen) atoms. The lowest BCUT2D eigenvalue weighted by atomic mass is 10.2. The zero-order valence-electron chi connectivity index (χ0n) is 14.5. The molecule has 0 bridgehead atoms. The number of rotatable bonds is 6. The summed E-state index contributed by atoms with van der Waals surface area (Å²) in [6.45, 7) is 0. The van der Waals surface area contributed by atoms with Crippen LogP contribution >= 0.6 is 11.8 Å². The molecule has 2 aromatic rings. The average Bonchev–Trinajstić information content (AvgIpc) is 3.01. The van der Waals surface area contributed by atoms with Gasteiger partial charge in [-0.2, -0.15) is 0 Å². The monoisotopic (exact) mass is 391 g/mol. The zero-order chi connectivity index (χ0) is 18.6. The number of methoxy groups -OCH3 is 1. The third kappa shape index (κ3) is 4.59. The summed E-state index contributed by atoms with van der Waals surface area (Å²) < 4.78 is 28.9. The fraction of sp³-hybridized carbons (Fsp3) is 0.316. The van der Waals surface area contributed by atoms with Crippen LogP contribution in [-0.4, -0.2) is 44.7 Å². The van der Waals surface area contributed by atoms with E-state index in [4.69, 9.17) is 4.74 Å². The molecule has 0 radical (unpaired) electrons. The second kappa shape index (κ2) is 8.14. The Kier molecular flexibility index (Phi) is 5.88. The summed E-state index contributed by atoms with van der Waals surface area (Å²) >= 11 is 1.43. The molecule has 0 saturated carbocycles. The number of benzene rings is 2. The predicted octanol–water partition coefficient (Wildman–Crippen LogP) is 3.01. The van der Waals surface area contributed by atoms with Crippen LogP contribution < -0.4 is 9.64 Å². The number of para-hydroxylation sites is 1. The van der Waals surface area contributed by atoms with Crippen LogP contribution in [-0.2, 0) is 14.6 Å². The van der Waals surface area contributed by atoms with E-state index >= 15 is 0 Å². The standard InChI is InChI=1S/C19H21NO4S2/c1-24-17-7-9-18(10-8-17)25-13-19(21)20(15-5-3-2-4-6-15)16-11-12-26(22,23)14-16/h2-10,16H,11-14H2,1H3/t16-/m0/s1. The Morgan fingerprint density at radius 3 is 2.42 bits per heavy atom. The molecule has 1 aliphatic rings. The highest BCUT2D eigenvalue weighted by molar-refractivity contribution is 8.00. The summed E-state index contributed by atoms with van der Waals surface area (Å²) in [7, 11) is -1.46. The maximum Gasteiger partial charge on any atom is 0.237 e. The Bertz CT molecular complexity index is 851. The van der Waals surface area contributed by atoms with Gasteiger partial charge in [-0.05, 0) is 42.8 Å². The highest BCUT2D eigenvalue weighted by atomic mass is 32.2. The van der Waals surface area contributed by atoms with E-state index in [0.717, 1.165) is 16.3 Å². The van der Waals surface area contributed by atoms with Gasteiger partial charge in [-0.3, -0.25) is 4.79 Å². The molecule has 0 unspecified atom stereocenters. The summed E-state index contributed by atoms with van der Waals surface area (Å²) in [4.78, 5) is 15.5. The molecule has 3 rings (SSSR count). The first-order valence-corrected chi connectivity index (χ1v) is 11.1. The van der Waals surface area contributed by atoms with Crippen LogP contribution in [0.5, 0.6) is 5.75 Å². The summed E-state index contributed by atoms with van der Waals surface area (Å²) in [5.41, 5.74) is 0.745. The number of carbonyl (C=O) groups is 1. The van der Waals surface area contributed by atoms with Gasteiger partial charge in [0.25, 0.3) is 0 Å². The number of sulfone groups is 1. The van der Waals surface area contributed by atoms with Crippen LogP contribution in [0, 0.1) is 0 Å². The number of thioether (sulfide) groups is 1. The summed E-state index contributed by atoms with van der Waals surface area (Å²) in [5.74, 6) is 1.10. The van der Waals surface area contributed by atoms with E-state index in [1.807, 2.05) is 54.6 Å². The molecule has 0 aliphatic carbocycles. The topological polar surface area (TPSA) is 63.7 Å². The molecular weight excluding hydrogens is 370 g/mol. The van der Waals surface area contributed by atoms with Crippen molar-refractivity contribution in [3.05, 3.63) is 54.6 Å². The first-order valence-electron chi connectivity index (χ1n) is 8.33. The first kappa shape index (κ1) is 18.8. The Hall–Kier alpha value is -1.99. The van der Waals surface area contributed by atoms with Gasteiger partial charge >= 0.3 is 0 Å². The maximum atomic E-state index is 12.9. The molecule has 2 aromatic carbocycles. The van der Waals surface area contributed by atoms with Crippen LogP contribution in [0.4, 0.5) is 5.69 Å². The molecule has 1 fully saturated rings. The molecule has 138 valence electrons. The Labute approximate surface area is 158 Å². The molecule has 1 aliphatic heterocycles. The molecule has 1 atom stereocenters. The Balaban J connectivity index is 1.74. The third-order valence-corrected chi connectivity index (χ3v) is 7.05. The third-order valence-electron chi connectivity index (χ3n) is 4.30. The fourth-order valence-corrected chi connectivity index (χ4v) is 5.47. The van der Waals surface area contributed by atoms with E-state index in [1.54, 1.807) is 12.0 Å². The maximum absolute atomic E-state index is 12.9. The highest BCUT2D eigenvalue weighted by Gasteiger charge is 2.35. The van der Waals surface area contributed by atoms with Gasteiger partial charge in [-0.15, -0.1) is 11.8 Å². The summed E-state index contributed by atoms with van der Waals surface area (Å²) in [6.07, 6.45) is 0.482. The van der Waals surface area contributed by atoms with Crippen molar-refractivity contribution in [2.75, 3.05) is 29.3 Å². The van der Waals surface area contributed by atoms with Gasteiger partial charge in [0, 0.05) is 10.6 Å². The number of ether oxygens (including phenoxy) is 1. The molecule has 7 heteroatoms. The SMILES string of the molecule is COc1ccc(SCC(=O)N(c2ccccc2)[C@H]2CCS(=O)(=O)C2)cc1. The lowest BCUT2D eigenvalue weighted by molar-refractivity contribution is -0.116. The van der Waals surface area contributed by atoms with Crippen molar-refractivity contribution in [1.82, 2.24) is 0 Å². The molecule has 1 heterocycles. The van der Waals surface area contributed by atoms with Crippen molar-refractivity contribution < 1.29 is 17.9 Å². The van der Waals surface area contributed by atoms with Crippen LogP contribution in [0.1, 0.15) is 6.42 Å². The van der Waals surface area contributed by atoms with E-state index in [1.165, 1.54) is 11.8 Å². The fourth-order valence-electron chi connectivity index (χ4n) is 3.01.